The molecule has 23 heavy (non-hydrogen) atoms. The number of amides is 1. The zero-order chi connectivity index (χ0) is 16.6. The van der Waals surface area contributed by atoms with E-state index < -0.39 is 9.84 Å². The molecule has 2 heterocycles. The number of rotatable bonds is 3. The van der Waals surface area contributed by atoms with Gasteiger partial charge in [-0.3, -0.25) is 4.79 Å². The van der Waals surface area contributed by atoms with Crippen molar-refractivity contribution in [2.75, 3.05) is 31.3 Å². The van der Waals surface area contributed by atoms with Crippen molar-refractivity contribution < 1.29 is 22.7 Å². The molecule has 1 aromatic carbocycles. The number of benzene rings is 1. The van der Waals surface area contributed by atoms with Crippen molar-refractivity contribution in [1.29, 1.82) is 0 Å². The summed E-state index contributed by atoms with van der Waals surface area (Å²) in [5, 5.41) is 0. The first-order valence-electron chi connectivity index (χ1n) is 7.83. The van der Waals surface area contributed by atoms with Gasteiger partial charge in [-0.25, -0.2) is 8.42 Å². The molecule has 0 saturated carbocycles. The van der Waals surface area contributed by atoms with Gasteiger partial charge in [0, 0.05) is 18.2 Å². The van der Waals surface area contributed by atoms with Gasteiger partial charge in [0.05, 0.1) is 11.5 Å². The molecule has 3 rings (SSSR count). The van der Waals surface area contributed by atoms with Crippen LogP contribution in [-0.2, 0) is 9.84 Å². The van der Waals surface area contributed by atoms with Crippen molar-refractivity contribution in [3.63, 3.8) is 0 Å². The van der Waals surface area contributed by atoms with Crippen molar-refractivity contribution in [3.05, 3.63) is 23.3 Å². The zero-order valence-electron chi connectivity index (χ0n) is 13.4. The summed E-state index contributed by atoms with van der Waals surface area (Å²) in [5.74, 6) is 1.28. The Morgan fingerprint density at radius 3 is 2.48 bits per heavy atom. The molecule has 1 aromatic rings. The Bertz CT molecular complexity index is 728. The minimum absolute atomic E-state index is 0.0518. The number of sulfone groups is 1. The number of hydrogen-bond acceptors (Lipinski definition) is 5. The van der Waals surface area contributed by atoms with Gasteiger partial charge in [0.25, 0.3) is 5.91 Å². The number of carbonyl (C=O) groups excluding carboxylic acids is 1. The van der Waals surface area contributed by atoms with E-state index in [1.807, 2.05) is 13.8 Å². The third-order valence-corrected chi connectivity index (χ3v) is 6.12. The maximum atomic E-state index is 12.9. The molecule has 1 saturated heterocycles. The lowest BCUT2D eigenvalue weighted by Gasteiger charge is -2.28. The highest BCUT2D eigenvalue weighted by atomic mass is 32.2. The highest BCUT2D eigenvalue weighted by molar-refractivity contribution is 7.91. The van der Waals surface area contributed by atoms with E-state index >= 15 is 0 Å². The summed E-state index contributed by atoms with van der Waals surface area (Å²) in [6.45, 7) is 5.16. The highest BCUT2D eigenvalue weighted by Gasteiger charge is 2.35. The van der Waals surface area contributed by atoms with E-state index in [9.17, 15) is 13.2 Å². The molecule has 0 aromatic heterocycles. The first kappa shape index (κ1) is 16.1. The number of aryl methyl sites for hydroxylation is 1. The van der Waals surface area contributed by atoms with Crippen LogP contribution in [0.4, 0.5) is 0 Å². The summed E-state index contributed by atoms with van der Waals surface area (Å²) < 4.78 is 34.5. The number of carbonyl (C=O) groups is 1. The van der Waals surface area contributed by atoms with Crippen LogP contribution in [0, 0.1) is 6.92 Å². The van der Waals surface area contributed by atoms with Gasteiger partial charge < -0.3 is 14.4 Å². The molecule has 1 amide bonds. The van der Waals surface area contributed by atoms with Crippen LogP contribution in [0.15, 0.2) is 12.1 Å². The lowest BCUT2D eigenvalue weighted by Crippen LogP contribution is -2.41. The van der Waals surface area contributed by atoms with E-state index in [0.29, 0.717) is 43.2 Å². The summed E-state index contributed by atoms with van der Waals surface area (Å²) >= 11 is 0. The van der Waals surface area contributed by atoms with Gasteiger partial charge in [0.15, 0.2) is 21.3 Å². The number of hydrogen-bond donors (Lipinski definition) is 0. The molecular formula is C16H21NO5S. The maximum Gasteiger partial charge on any atom is 0.254 e. The Labute approximate surface area is 136 Å². The first-order chi connectivity index (χ1) is 10.9. The van der Waals surface area contributed by atoms with Crippen LogP contribution in [0.1, 0.15) is 29.3 Å². The molecular weight excluding hydrogens is 318 g/mol. The second-order valence-electron chi connectivity index (χ2n) is 5.96. The second kappa shape index (κ2) is 6.03. The fraction of sp³-hybridized carbons (Fsp3) is 0.562. The van der Waals surface area contributed by atoms with Crippen molar-refractivity contribution in [2.45, 2.75) is 26.3 Å². The number of ether oxygens (including phenoxy) is 2. The van der Waals surface area contributed by atoms with Crippen LogP contribution >= 0.6 is 0 Å². The Kier molecular flexibility index (Phi) is 4.23. The predicted octanol–water partition coefficient (Wildman–Crippen LogP) is 1.42. The van der Waals surface area contributed by atoms with Crippen LogP contribution in [0.5, 0.6) is 11.5 Å². The van der Waals surface area contributed by atoms with E-state index in [1.165, 1.54) is 0 Å². The fourth-order valence-corrected chi connectivity index (χ4v) is 4.90. The molecule has 2 aliphatic heterocycles. The van der Waals surface area contributed by atoms with Crippen LogP contribution < -0.4 is 9.47 Å². The maximum absolute atomic E-state index is 12.9. The Morgan fingerprint density at radius 2 is 1.91 bits per heavy atom. The zero-order valence-corrected chi connectivity index (χ0v) is 14.2. The fourth-order valence-electron chi connectivity index (χ4n) is 3.16. The van der Waals surface area contributed by atoms with E-state index in [0.717, 1.165) is 5.56 Å². The highest BCUT2D eigenvalue weighted by Crippen LogP contribution is 2.34. The molecule has 7 heteroatoms. The quantitative estimate of drug-likeness (QED) is 0.833. The summed E-state index contributed by atoms with van der Waals surface area (Å²) in [5.41, 5.74) is 1.35. The number of nitrogens with zero attached hydrogens (tertiary/aromatic N) is 1. The molecule has 1 unspecified atom stereocenters. The van der Waals surface area contributed by atoms with E-state index in [2.05, 4.69) is 0 Å². The monoisotopic (exact) mass is 339 g/mol. The molecule has 0 radical (unpaired) electrons. The number of fused-ring (bicyclic) bond motifs is 1. The second-order valence-corrected chi connectivity index (χ2v) is 8.19. The smallest absolute Gasteiger partial charge is 0.254 e. The lowest BCUT2D eigenvalue weighted by atomic mass is 10.0. The average Bonchev–Trinajstić information content (AvgIpc) is 2.87. The molecule has 0 N–H and O–H groups in total. The standard InChI is InChI=1S/C16H21NO5S/c1-3-17(12-4-7-23(19,20)10-12)16(18)13-9-15-14(8-11(13)2)21-5-6-22-15/h8-9,12H,3-7,10H2,1-2H3. The third kappa shape index (κ3) is 3.15. The van der Waals surface area contributed by atoms with Crippen LogP contribution in [-0.4, -0.2) is 56.5 Å². The Morgan fingerprint density at radius 1 is 1.26 bits per heavy atom. The molecule has 1 atom stereocenters. The van der Waals surface area contributed by atoms with Crippen LogP contribution in [0.3, 0.4) is 0 Å². The predicted molar refractivity (Wildman–Crippen MR) is 85.9 cm³/mol. The molecule has 0 spiro atoms. The topological polar surface area (TPSA) is 72.9 Å². The molecule has 6 nitrogen and oxygen atoms in total. The van der Waals surface area contributed by atoms with Crippen LogP contribution in [0.25, 0.3) is 0 Å². The van der Waals surface area contributed by atoms with E-state index in [1.54, 1.807) is 17.0 Å². The third-order valence-electron chi connectivity index (χ3n) is 4.37. The lowest BCUT2D eigenvalue weighted by molar-refractivity contribution is 0.0706. The van der Waals surface area contributed by atoms with E-state index in [-0.39, 0.29) is 23.5 Å². The molecule has 0 aliphatic carbocycles. The molecule has 2 aliphatic rings. The summed E-state index contributed by atoms with van der Waals surface area (Å²) in [7, 11) is -3.03. The van der Waals surface area contributed by atoms with Crippen molar-refractivity contribution in [3.8, 4) is 11.5 Å². The summed E-state index contributed by atoms with van der Waals surface area (Å²) in [4.78, 5) is 14.6. The minimum atomic E-state index is -3.03. The van der Waals surface area contributed by atoms with Gasteiger partial charge in [-0.05, 0) is 38.0 Å². The SMILES string of the molecule is CCN(C(=O)c1cc2c(cc1C)OCCO2)C1CCS(=O)(=O)C1. The van der Waals surface area contributed by atoms with Gasteiger partial charge in [0.2, 0.25) is 0 Å². The van der Waals surface area contributed by atoms with Crippen molar-refractivity contribution >= 4 is 15.7 Å². The minimum Gasteiger partial charge on any atom is -0.486 e. The van der Waals surface area contributed by atoms with Gasteiger partial charge in [-0.1, -0.05) is 0 Å². The Hall–Kier alpha value is -1.76. The summed E-state index contributed by atoms with van der Waals surface area (Å²) in [6, 6.07) is 3.27. The molecule has 1 fully saturated rings. The normalized spacial score (nSPS) is 21.9. The van der Waals surface area contributed by atoms with Crippen LogP contribution in [0.2, 0.25) is 0 Å². The summed E-state index contributed by atoms with van der Waals surface area (Å²) in [6.07, 6.45) is 0.505. The van der Waals surface area contributed by atoms with Crippen molar-refractivity contribution in [1.82, 2.24) is 4.90 Å². The largest absolute Gasteiger partial charge is 0.486 e. The Balaban J connectivity index is 1.89. The van der Waals surface area contributed by atoms with Crippen molar-refractivity contribution in [2.24, 2.45) is 0 Å². The van der Waals surface area contributed by atoms with Gasteiger partial charge in [-0.2, -0.15) is 0 Å². The average molecular weight is 339 g/mol. The van der Waals surface area contributed by atoms with Gasteiger partial charge in [0.1, 0.15) is 13.2 Å². The molecule has 126 valence electrons. The van der Waals surface area contributed by atoms with Gasteiger partial charge >= 0.3 is 0 Å². The first-order valence-corrected chi connectivity index (χ1v) is 9.65. The van der Waals surface area contributed by atoms with Gasteiger partial charge in [-0.15, -0.1) is 0 Å². The molecule has 0 bridgehead atoms. The van der Waals surface area contributed by atoms with E-state index in [4.69, 9.17) is 9.47 Å².